The van der Waals surface area contributed by atoms with Crippen molar-refractivity contribution in [1.29, 1.82) is 0 Å². The number of rotatable bonds is 3. The average Bonchev–Trinajstić information content (AvgIpc) is 2.49. The zero-order valence-electron chi connectivity index (χ0n) is 12.9. The second kappa shape index (κ2) is 6.26. The Morgan fingerprint density at radius 1 is 1.33 bits per heavy atom. The minimum atomic E-state index is -0.395. The summed E-state index contributed by atoms with van der Waals surface area (Å²) in [5, 5.41) is 8.84. The highest BCUT2D eigenvalue weighted by molar-refractivity contribution is 5.99. The van der Waals surface area contributed by atoms with Crippen LogP contribution in [0, 0.1) is 12.3 Å². The second-order valence-electron chi connectivity index (χ2n) is 5.90. The predicted molar refractivity (Wildman–Crippen MR) is 83.4 cm³/mol. The van der Waals surface area contributed by atoms with E-state index in [2.05, 4.69) is 16.0 Å². The molecule has 1 aromatic rings. The molecule has 1 atom stereocenters. The summed E-state index contributed by atoms with van der Waals surface area (Å²) in [7, 11) is 1.59. The van der Waals surface area contributed by atoms with Gasteiger partial charge in [0.1, 0.15) is 0 Å². The first kappa shape index (κ1) is 15.5. The van der Waals surface area contributed by atoms with Crippen molar-refractivity contribution in [3.63, 3.8) is 0 Å². The summed E-state index contributed by atoms with van der Waals surface area (Å²) in [6, 6.07) is 5.33. The van der Waals surface area contributed by atoms with Crippen molar-refractivity contribution in [3.05, 3.63) is 29.3 Å². The molecule has 1 aliphatic rings. The van der Waals surface area contributed by atoms with Gasteiger partial charge in [-0.2, -0.15) is 0 Å². The number of amides is 2. The van der Waals surface area contributed by atoms with Gasteiger partial charge in [0.05, 0.1) is 5.41 Å². The molecule has 21 heavy (non-hydrogen) atoms. The normalized spacial score (nSPS) is 21.7. The van der Waals surface area contributed by atoms with Gasteiger partial charge in [-0.05, 0) is 50.9 Å². The van der Waals surface area contributed by atoms with E-state index < -0.39 is 5.41 Å². The molecule has 114 valence electrons. The molecule has 2 amide bonds. The Balaban J connectivity index is 2.18. The van der Waals surface area contributed by atoms with Crippen molar-refractivity contribution >= 4 is 17.5 Å². The number of nitrogens with one attached hydrogen (secondary N) is 3. The van der Waals surface area contributed by atoms with Crippen LogP contribution < -0.4 is 16.0 Å². The van der Waals surface area contributed by atoms with Crippen LogP contribution in [0.25, 0.3) is 0 Å². The molecule has 0 aliphatic carbocycles. The standard InChI is InChI=1S/C16H23N3O2/c1-11-5-6-12(14(20)17-3)9-13(11)19-15(21)16(2)7-4-8-18-10-16/h5-6,9,18H,4,7-8,10H2,1-3H3,(H,17,20)(H,19,21). The van der Waals surface area contributed by atoms with Crippen molar-refractivity contribution in [1.82, 2.24) is 10.6 Å². The molecular weight excluding hydrogens is 266 g/mol. The molecule has 3 N–H and O–H groups in total. The molecule has 5 heteroatoms. The summed E-state index contributed by atoms with van der Waals surface area (Å²) in [6.07, 6.45) is 1.88. The zero-order valence-corrected chi connectivity index (χ0v) is 12.9. The average molecular weight is 289 g/mol. The monoisotopic (exact) mass is 289 g/mol. The third-order valence-electron chi connectivity index (χ3n) is 4.12. The Kier molecular flexibility index (Phi) is 4.63. The van der Waals surface area contributed by atoms with E-state index in [1.165, 1.54) is 0 Å². The highest BCUT2D eigenvalue weighted by Crippen LogP contribution is 2.28. The van der Waals surface area contributed by atoms with Crippen LogP contribution in [0.5, 0.6) is 0 Å². The van der Waals surface area contributed by atoms with Gasteiger partial charge in [0.15, 0.2) is 0 Å². The largest absolute Gasteiger partial charge is 0.355 e. The van der Waals surface area contributed by atoms with Gasteiger partial charge in [-0.3, -0.25) is 9.59 Å². The number of carbonyl (C=O) groups is 2. The van der Waals surface area contributed by atoms with Crippen molar-refractivity contribution in [3.8, 4) is 0 Å². The Hall–Kier alpha value is -1.88. The van der Waals surface area contributed by atoms with Crippen LogP contribution in [0.3, 0.4) is 0 Å². The quantitative estimate of drug-likeness (QED) is 0.793. The van der Waals surface area contributed by atoms with E-state index in [0.717, 1.165) is 24.9 Å². The molecule has 0 saturated carbocycles. The first-order valence-electron chi connectivity index (χ1n) is 7.31. The number of hydrogen-bond acceptors (Lipinski definition) is 3. The molecule has 2 rings (SSSR count). The van der Waals surface area contributed by atoms with Crippen LogP contribution in [-0.2, 0) is 4.79 Å². The Morgan fingerprint density at radius 2 is 2.10 bits per heavy atom. The van der Waals surface area contributed by atoms with E-state index in [9.17, 15) is 9.59 Å². The van der Waals surface area contributed by atoms with Gasteiger partial charge in [-0.1, -0.05) is 6.07 Å². The molecule has 1 aliphatic heterocycles. The van der Waals surface area contributed by atoms with Crippen molar-refractivity contribution in [2.24, 2.45) is 5.41 Å². The highest BCUT2D eigenvalue weighted by Gasteiger charge is 2.34. The van der Waals surface area contributed by atoms with Gasteiger partial charge in [0, 0.05) is 24.8 Å². The van der Waals surface area contributed by atoms with Crippen LogP contribution in [0.2, 0.25) is 0 Å². The second-order valence-corrected chi connectivity index (χ2v) is 5.90. The van der Waals surface area contributed by atoms with Crippen LogP contribution in [0.4, 0.5) is 5.69 Å². The van der Waals surface area contributed by atoms with Gasteiger partial charge in [-0.25, -0.2) is 0 Å². The topological polar surface area (TPSA) is 70.2 Å². The van der Waals surface area contributed by atoms with Crippen molar-refractivity contribution < 1.29 is 9.59 Å². The number of anilines is 1. The van der Waals surface area contributed by atoms with Gasteiger partial charge in [0.2, 0.25) is 5.91 Å². The summed E-state index contributed by atoms with van der Waals surface area (Å²) >= 11 is 0. The van der Waals surface area contributed by atoms with Gasteiger partial charge in [0.25, 0.3) is 5.91 Å². The smallest absolute Gasteiger partial charge is 0.251 e. The fraction of sp³-hybridized carbons (Fsp3) is 0.500. The molecule has 1 heterocycles. The third-order valence-corrected chi connectivity index (χ3v) is 4.12. The van der Waals surface area contributed by atoms with Crippen LogP contribution in [0.1, 0.15) is 35.7 Å². The lowest BCUT2D eigenvalue weighted by molar-refractivity contribution is -0.125. The summed E-state index contributed by atoms with van der Waals surface area (Å²) < 4.78 is 0. The van der Waals surface area contributed by atoms with Crippen LogP contribution in [-0.4, -0.2) is 32.0 Å². The van der Waals surface area contributed by atoms with Gasteiger partial charge < -0.3 is 16.0 Å². The number of aryl methyl sites for hydroxylation is 1. The molecule has 1 fully saturated rings. The Bertz CT molecular complexity index is 548. The van der Waals surface area contributed by atoms with E-state index in [4.69, 9.17) is 0 Å². The first-order valence-corrected chi connectivity index (χ1v) is 7.31. The summed E-state index contributed by atoms with van der Waals surface area (Å²) in [5.41, 5.74) is 1.80. The number of hydrogen-bond donors (Lipinski definition) is 3. The molecule has 0 spiro atoms. The fourth-order valence-electron chi connectivity index (χ4n) is 2.57. The van der Waals surface area contributed by atoms with E-state index in [-0.39, 0.29) is 11.8 Å². The Morgan fingerprint density at radius 3 is 2.71 bits per heavy atom. The highest BCUT2D eigenvalue weighted by atomic mass is 16.2. The molecule has 5 nitrogen and oxygen atoms in total. The van der Waals surface area contributed by atoms with Crippen molar-refractivity contribution in [2.45, 2.75) is 26.7 Å². The minimum absolute atomic E-state index is 0.00635. The number of piperidine rings is 1. The molecule has 0 radical (unpaired) electrons. The van der Waals surface area contributed by atoms with E-state index in [0.29, 0.717) is 17.8 Å². The predicted octanol–water partition coefficient (Wildman–Crippen LogP) is 1.68. The number of benzene rings is 1. The maximum absolute atomic E-state index is 12.5. The summed E-state index contributed by atoms with van der Waals surface area (Å²) in [4.78, 5) is 24.2. The molecule has 0 aromatic heterocycles. The molecular formula is C16H23N3O2. The maximum Gasteiger partial charge on any atom is 0.251 e. The minimum Gasteiger partial charge on any atom is -0.355 e. The maximum atomic E-state index is 12.5. The van der Waals surface area contributed by atoms with E-state index in [1.54, 1.807) is 19.2 Å². The van der Waals surface area contributed by atoms with Gasteiger partial charge >= 0.3 is 0 Å². The van der Waals surface area contributed by atoms with E-state index >= 15 is 0 Å². The lowest BCUT2D eigenvalue weighted by atomic mass is 9.82. The number of carbonyl (C=O) groups excluding carboxylic acids is 2. The molecule has 0 bridgehead atoms. The summed E-state index contributed by atoms with van der Waals surface area (Å²) in [6.45, 7) is 5.55. The van der Waals surface area contributed by atoms with Crippen molar-refractivity contribution in [2.75, 3.05) is 25.5 Å². The molecule has 1 unspecified atom stereocenters. The first-order chi connectivity index (χ1) is 9.96. The lowest BCUT2D eigenvalue weighted by Crippen LogP contribution is -2.46. The van der Waals surface area contributed by atoms with Gasteiger partial charge in [-0.15, -0.1) is 0 Å². The lowest BCUT2D eigenvalue weighted by Gasteiger charge is -2.32. The summed E-state index contributed by atoms with van der Waals surface area (Å²) in [5.74, 6) is -0.150. The Labute approximate surface area is 125 Å². The third kappa shape index (κ3) is 3.42. The fourth-order valence-corrected chi connectivity index (χ4v) is 2.57. The van der Waals surface area contributed by atoms with Crippen LogP contribution >= 0.6 is 0 Å². The van der Waals surface area contributed by atoms with Crippen LogP contribution in [0.15, 0.2) is 18.2 Å². The van der Waals surface area contributed by atoms with E-state index in [1.807, 2.05) is 19.9 Å². The molecule has 1 saturated heterocycles. The SMILES string of the molecule is CNC(=O)c1ccc(C)c(NC(=O)C2(C)CCCNC2)c1. The zero-order chi connectivity index (χ0) is 15.5. The molecule has 1 aromatic carbocycles.